The molecule has 0 aromatic heterocycles. The Hall–Kier alpha value is -0.510. The lowest BCUT2D eigenvalue weighted by Crippen LogP contribution is -1.76. The summed E-state index contributed by atoms with van der Waals surface area (Å²) in [6.07, 6.45) is 7.27. The predicted molar refractivity (Wildman–Crippen MR) is 44.7 cm³/mol. The monoisotopic (exact) mass is 178 g/mol. The molecule has 0 N–H and O–H groups in total. The van der Waals surface area contributed by atoms with Crippen LogP contribution in [0.2, 0.25) is 0 Å². The number of hydrogen-bond donors (Lipinski definition) is 1. The second-order valence-electron chi connectivity index (χ2n) is 2.20. The van der Waals surface area contributed by atoms with Crippen molar-refractivity contribution in [3.63, 3.8) is 0 Å². The molecule has 0 rings (SSSR count). The minimum atomic E-state index is -2.71. The topological polar surface area (TPSA) is 43.4 Å². The van der Waals surface area contributed by atoms with Crippen molar-refractivity contribution in [2.75, 3.05) is 0 Å². The van der Waals surface area contributed by atoms with Crippen molar-refractivity contribution in [1.29, 1.82) is 0 Å². The molecule has 0 spiro atoms. The van der Waals surface area contributed by atoms with Crippen molar-refractivity contribution in [3.05, 3.63) is 12.3 Å². The molecular weight excluding hydrogens is 164 g/mol. The summed E-state index contributed by atoms with van der Waals surface area (Å²) in [5.41, 5.74) is 0. The summed E-state index contributed by atoms with van der Waals surface area (Å²) < 4.78 is 23.9. The number of rotatable bonds is 6. The van der Waals surface area contributed by atoms with E-state index in [1.807, 2.05) is 0 Å². The first kappa shape index (κ1) is 10.5. The summed E-state index contributed by atoms with van der Waals surface area (Å²) in [6.45, 7) is 2.12. The molecule has 0 aliphatic carbocycles. The van der Waals surface area contributed by atoms with Gasteiger partial charge < -0.3 is 4.18 Å². The molecule has 0 atom stereocenters. The Bertz CT molecular complexity index is 165. The summed E-state index contributed by atoms with van der Waals surface area (Å²) in [5, 5.41) is 0. The first-order valence-electron chi connectivity index (χ1n) is 3.73. The van der Waals surface area contributed by atoms with Crippen molar-refractivity contribution in [1.82, 2.24) is 0 Å². The van der Waals surface area contributed by atoms with E-state index in [4.69, 9.17) is 0 Å². The van der Waals surface area contributed by atoms with Crippen LogP contribution in [0.4, 0.5) is 0 Å². The van der Waals surface area contributed by atoms with Gasteiger partial charge in [-0.25, -0.2) is 0 Å². The number of thiol groups is 1. The van der Waals surface area contributed by atoms with E-state index >= 15 is 0 Å². The third-order valence-electron chi connectivity index (χ3n) is 1.22. The van der Waals surface area contributed by atoms with Crippen LogP contribution >= 0.6 is 0 Å². The number of hydrogen-bond acceptors (Lipinski definition) is 3. The summed E-state index contributed by atoms with van der Waals surface area (Å²) in [6, 6.07) is 0. The van der Waals surface area contributed by atoms with Crippen LogP contribution in [0.15, 0.2) is 12.3 Å². The van der Waals surface area contributed by atoms with E-state index in [0.29, 0.717) is 0 Å². The Balaban J connectivity index is 3.16. The third kappa shape index (κ3) is 9.49. The molecular formula is C7H14O3S. The van der Waals surface area contributed by atoms with Gasteiger partial charge in [-0.3, -0.25) is 0 Å². The Kier molecular flexibility index (Phi) is 7.24. The maximum atomic E-state index is 9.85. The summed E-state index contributed by atoms with van der Waals surface area (Å²) in [7, 11) is -2.71. The molecule has 0 aliphatic rings. The van der Waals surface area contributed by atoms with Crippen LogP contribution in [-0.2, 0) is 15.2 Å². The molecule has 0 aliphatic heterocycles. The number of unbranched alkanes of at least 4 members (excludes halogenated alkanes) is 3. The van der Waals surface area contributed by atoms with Crippen LogP contribution in [0.5, 0.6) is 0 Å². The second kappa shape index (κ2) is 7.60. The van der Waals surface area contributed by atoms with Gasteiger partial charge in [-0.15, -0.1) is 0 Å². The highest BCUT2D eigenvalue weighted by molar-refractivity contribution is 7.67. The molecule has 0 radical (unpaired) electrons. The van der Waals surface area contributed by atoms with E-state index in [-0.39, 0.29) is 0 Å². The van der Waals surface area contributed by atoms with E-state index < -0.39 is 11.0 Å². The Labute approximate surface area is 69.2 Å². The maximum Gasteiger partial charge on any atom is 0.298 e. The molecule has 0 saturated carbocycles. The van der Waals surface area contributed by atoms with Crippen LogP contribution < -0.4 is 0 Å². The molecule has 66 valence electrons. The maximum absolute atomic E-state index is 9.85. The van der Waals surface area contributed by atoms with Gasteiger partial charge in [0.05, 0.1) is 0 Å². The average molecular weight is 178 g/mol. The fraction of sp³-hybridized carbons (Fsp3) is 0.714. The standard InChI is InChI=1S/C7H14O3S/c1-2-3-4-5-6-7-10-11(8)9/h6-7,11H,2-5H2,1H3. The van der Waals surface area contributed by atoms with Gasteiger partial charge in [-0.05, 0) is 18.9 Å². The lowest BCUT2D eigenvalue weighted by atomic mass is 10.2. The Morgan fingerprint density at radius 2 is 2.09 bits per heavy atom. The van der Waals surface area contributed by atoms with Crippen molar-refractivity contribution in [2.45, 2.75) is 32.6 Å². The lowest BCUT2D eigenvalue weighted by molar-refractivity contribution is 0.464. The predicted octanol–water partition coefficient (Wildman–Crippen LogP) is 1.62. The molecule has 4 heteroatoms. The van der Waals surface area contributed by atoms with Crippen LogP contribution in [0.1, 0.15) is 32.6 Å². The van der Waals surface area contributed by atoms with Gasteiger partial charge in [0.15, 0.2) is 0 Å². The van der Waals surface area contributed by atoms with Crippen LogP contribution in [0.25, 0.3) is 0 Å². The quantitative estimate of drug-likeness (QED) is 0.382. The van der Waals surface area contributed by atoms with Crippen molar-refractivity contribution >= 4 is 11.0 Å². The molecule has 0 saturated heterocycles. The zero-order chi connectivity index (χ0) is 8.53. The molecule has 0 aromatic rings. The molecule has 0 bridgehead atoms. The molecule has 0 amide bonds. The zero-order valence-corrected chi connectivity index (χ0v) is 7.55. The molecule has 0 unspecified atom stereocenters. The van der Waals surface area contributed by atoms with Gasteiger partial charge in [-0.2, -0.15) is 8.42 Å². The smallest absolute Gasteiger partial charge is 0.298 e. The molecule has 0 aromatic carbocycles. The highest BCUT2D eigenvalue weighted by Crippen LogP contribution is 1.99. The Morgan fingerprint density at radius 1 is 1.36 bits per heavy atom. The van der Waals surface area contributed by atoms with Crippen molar-refractivity contribution in [3.8, 4) is 0 Å². The van der Waals surface area contributed by atoms with Gasteiger partial charge in [0, 0.05) is 0 Å². The lowest BCUT2D eigenvalue weighted by Gasteiger charge is -1.90. The van der Waals surface area contributed by atoms with Gasteiger partial charge in [0.25, 0.3) is 11.0 Å². The first-order chi connectivity index (χ1) is 5.27. The molecule has 11 heavy (non-hydrogen) atoms. The fourth-order valence-electron chi connectivity index (χ4n) is 0.673. The van der Waals surface area contributed by atoms with Gasteiger partial charge in [-0.1, -0.05) is 19.8 Å². The van der Waals surface area contributed by atoms with Gasteiger partial charge in [0.2, 0.25) is 0 Å². The van der Waals surface area contributed by atoms with Crippen LogP contribution in [0, 0.1) is 0 Å². The highest BCUT2D eigenvalue weighted by Gasteiger charge is 1.81. The van der Waals surface area contributed by atoms with Crippen molar-refractivity contribution < 1.29 is 12.6 Å². The normalized spacial score (nSPS) is 11.1. The zero-order valence-electron chi connectivity index (χ0n) is 6.66. The van der Waals surface area contributed by atoms with E-state index in [1.54, 1.807) is 6.08 Å². The molecule has 0 heterocycles. The van der Waals surface area contributed by atoms with E-state index in [2.05, 4.69) is 11.1 Å². The van der Waals surface area contributed by atoms with Crippen molar-refractivity contribution in [2.24, 2.45) is 0 Å². The highest BCUT2D eigenvalue weighted by atomic mass is 32.2. The summed E-state index contributed by atoms with van der Waals surface area (Å²) >= 11 is 0. The third-order valence-corrected chi connectivity index (χ3v) is 1.51. The summed E-state index contributed by atoms with van der Waals surface area (Å²) in [5.74, 6) is 0. The van der Waals surface area contributed by atoms with E-state index in [9.17, 15) is 8.42 Å². The first-order valence-corrected chi connectivity index (χ1v) is 4.83. The average Bonchev–Trinajstić information content (AvgIpc) is 1.96. The van der Waals surface area contributed by atoms with Gasteiger partial charge >= 0.3 is 0 Å². The minimum Gasteiger partial charge on any atom is -0.393 e. The van der Waals surface area contributed by atoms with E-state index in [0.717, 1.165) is 12.8 Å². The minimum absolute atomic E-state index is 0.886. The molecule has 0 fully saturated rings. The Morgan fingerprint density at radius 3 is 2.64 bits per heavy atom. The molecule has 3 nitrogen and oxygen atoms in total. The van der Waals surface area contributed by atoms with Crippen LogP contribution in [-0.4, -0.2) is 8.42 Å². The fourth-order valence-corrected chi connectivity index (χ4v) is 0.858. The largest absolute Gasteiger partial charge is 0.393 e. The number of allylic oxidation sites excluding steroid dienone is 1. The van der Waals surface area contributed by atoms with Crippen LogP contribution in [0.3, 0.4) is 0 Å². The van der Waals surface area contributed by atoms with E-state index in [1.165, 1.54) is 19.1 Å². The van der Waals surface area contributed by atoms with Gasteiger partial charge in [0.1, 0.15) is 6.26 Å². The summed E-state index contributed by atoms with van der Waals surface area (Å²) in [4.78, 5) is 0. The SMILES string of the molecule is CCCCCC=CO[SH](=O)=O. The second-order valence-corrected chi connectivity index (χ2v) is 2.85.